The van der Waals surface area contributed by atoms with Gasteiger partial charge in [0.25, 0.3) is 5.91 Å². The molecule has 0 saturated heterocycles. The Kier molecular flexibility index (Phi) is 3.65. The van der Waals surface area contributed by atoms with Gasteiger partial charge in [-0.05, 0) is 25.0 Å². The van der Waals surface area contributed by atoms with E-state index in [9.17, 15) is 4.79 Å². The van der Waals surface area contributed by atoms with E-state index in [4.69, 9.17) is 5.73 Å². The first-order chi connectivity index (χ1) is 6.66. The third-order valence-corrected chi connectivity index (χ3v) is 2.14. The van der Waals surface area contributed by atoms with Crippen LogP contribution in [-0.2, 0) is 0 Å². The molecule has 0 radical (unpaired) electrons. The molecule has 1 rings (SSSR count). The summed E-state index contributed by atoms with van der Waals surface area (Å²) < 4.78 is 0. The third kappa shape index (κ3) is 2.33. The Morgan fingerprint density at radius 1 is 1.36 bits per heavy atom. The van der Waals surface area contributed by atoms with Gasteiger partial charge in [0.2, 0.25) is 0 Å². The summed E-state index contributed by atoms with van der Waals surface area (Å²) in [6.45, 7) is 4.86. The highest BCUT2D eigenvalue weighted by Crippen LogP contribution is 2.12. The lowest BCUT2D eigenvalue weighted by Gasteiger charge is -2.09. The number of rotatable bonds is 3. The van der Waals surface area contributed by atoms with Gasteiger partial charge in [0.15, 0.2) is 0 Å². The Morgan fingerprint density at radius 3 is 2.43 bits per heavy atom. The van der Waals surface area contributed by atoms with Crippen LogP contribution in [0.5, 0.6) is 0 Å². The second-order valence-corrected chi connectivity index (χ2v) is 3.31. The first kappa shape index (κ1) is 10.7. The first-order valence-electron chi connectivity index (χ1n) is 4.71. The molecule has 0 saturated carbocycles. The predicted octanol–water partition coefficient (Wildman–Crippen LogP) is 0.992. The molecule has 0 bridgehead atoms. The normalized spacial score (nSPS) is 9.93. The number of carbonyl (C=O) groups excluding carboxylic acids is 1. The largest absolute Gasteiger partial charge is 0.351 e. The van der Waals surface area contributed by atoms with E-state index >= 15 is 0 Å². The number of nitrogens with two attached hydrogens (primary N) is 1. The molecule has 0 fully saturated rings. The summed E-state index contributed by atoms with van der Waals surface area (Å²) in [5.41, 5.74) is 8.08. The molecule has 0 spiro atoms. The highest BCUT2D eigenvalue weighted by atomic mass is 16.1. The predicted molar refractivity (Wildman–Crippen MR) is 57.3 cm³/mol. The molecule has 3 heteroatoms. The van der Waals surface area contributed by atoms with Gasteiger partial charge < -0.3 is 11.1 Å². The Balaban J connectivity index is 2.89. The molecule has 0 aliphatic rings. The molecule has 3 nitrogen and oxygen atoms in total. The quantitative estimate of drug-likeness (QED) is 0.750. The lowest BCUT2D eigenvalue weighted by atomic mass is 10.0. The number of benzene rings is 1. The number of hydrogen-bond donors (Lipinski definition) is 2. The van der Waals surface area contributed by atoms with Crippen molar-refractivity contribution in [2.24, 2.45) is 5.73 Å². The zero-order valence-electron chi connectivity index (χ0n) is 8.63. The Labute approximate surface area is 84.3 Å². The molecule has 3 N–H and O–H groups in total. The maximum absolute atomic E-state index is 11.7. The summed E-state index contributed by atoms with van der Waals surface area (Å²) in [6.07, 6.45) is 0. The average Bonchev–Trinajstić information content (AvgIpc) is 2.14. The number of hydrogen-bond acceptors (Lipinski definition) is 2. The molecule has 1 amide bonds. The van der Waals surface area contributed by atoms with Crippen molar-refractivity contribution in [3.05, 3.63) is 34.9 Å². The molecular weight excluding hydrogens is 176 g/mol. The van der Waals surface area contributed by atoms with Crippen LogP contribution in [0.2, 0.25) is 0 Å². The summed E-state index contributed by atoms with van der Waals surface area (Å²) in [7, 11) is 0. The van der Waals surface area contributed by atoms with Crippen molar-refractivity contribution in [1.82, 2.24) is 5.32 Å². The lowest BCUT2D eigenvalue weighted by molar-refractivity contribution is 0.0953. The Morgan fingerprint density at radius 2 is 1.93 bits per heavy atom. The molecule has 1 aromatic rings. The molecule has 14 heavy (non-hydrogen) atoms. The van der Waals surface area contributed by atoms with Gasteiger partial charge in [-0.15, -0.1) is 0 Å². The molecule has 0 unspecified atom stereocenters. The summed E-state index contributed by atoms with van der Waals surface area (Å²) >= 11 is 0. The minimum Gasteiger partial charge on any atom is -0.351 e. The monoisotopic (exact) mass is 192 g/mol. The summed E-state index contributed by atoms with van der Waals surface area (Å²) in [5.74, 6) is -0.0361. The van der Waals surface area contributed by atoms with E-state index in [1.54, 1.807) is 0 Å². The summed E-state index contributed by atoms with van der Waals surface area (Å²) in [4.78, 5) is 11.7. The second kappa shape index (κ2) is 4.77. The highest BCUT2D eigenvalue weighted by Gasteiger charge is 2.10. The van der Waals surface area contributed by atoms with Crippen molar-refractivity contribution in [2.75, 3.05) is 13.1 Å². The van der Waals surface area contributed by atoms with Gasteiger partial charge in [-0.1, -0.05) is 18.2 Å². The third-order valence-electron chi connectivity index (χ3n) is 2.14. The van der Waals surface area contributed by atoms with Crippen LogP contribution in [0.25, 0.3) is 0 Å². The topological polar surface area (TPSA) is 55.1 Å². The van der Waals surface area contributed by atoms with Crippen LogP contribution in [0.4, 0.5) is 0 Å². The Hall–Kier alpha value is -1.35. The van der Waals surface area contributed by atoms with Crippen LogP contribution in [0.3, 0.4) is 0 Å². The fourth-order valence-corrected chi connectivity index (χ4v) is 1.45. The van der Waals surface area contributed by atoms with Crippen LogP contribution in [0, 0.1) is 13.8 Å². The number of carbonyl (C=O) groups is 1. The summed E-state index contributed by atoms with van der Waals surface area (Å²) in [5, 5.41) is 2.77. The molecule has 0 atom stereocenters. The number of aryl methyl sites for hydroxylation is 2. The van der Waals surface area contributed by atoms with Gasteiger partial charge in [-0.3, -0.25) is 4.79 Å². The minimum atomic E-state index is -0.0361. The van der Waals surface area contributed by atoms with E-state index in [1.165, 1.54) is 0 Å². The van der Waals surface area contributed by atoms with Gasteiger partial charge in [0, 0.05) is 18.7 Å². The van der Waals surface area contributed by atoms with E-state index in [0.717, 1.165) is 16.7 Å². The van der Waals surface area contributed by atoms with Crippen LogP contribution < -0.4 is 11.1 Å². The standard InChI is InChI=1S/C11H16N2O/c1-8-4-3-5-9(2)10(8)11(14)13-7-6-12/h3-5H,6-7,12H2,1-2H3,(H,13,14). The van der Waals surface area contributed by atoms with Gasteiger partial charge in [0.1, 0.15) is 0 Å². The molecule has 1 aromatic carbocycles. The lowest BCUT2D eigenvalue weighted by Crippen LogP contribution is -2.30. The van der Waals surface area contributed by atoms with Crippen molar-refractivity contribution in [3.8, 4) is 0 Å². The van der Waals surface area contributed by atoms with Crippen molar-refractivity contribution in [2.45, 2.75) is 13.8 Å². The van der Waals surface area contributed by atoms with Gasteiger partial charge >= 0.3 is 0 Å². The van der Waals surface area contributed by atoms with E-state index in [2.05, 4.69) is 5.32 Å². The van der Waals surface area contributed by atoms with E-state index in [0.29, 0.717) is 13.1 Å². The van der Waals surface area contributed by atoms with Crippen molar-refractivity contribution in [3.63, 3.8) is 0 Å². The maximum atomic E-state index is 11.7. The zero-order chi connectivity index (χ0) is 10.6. The van der Waals surface area contributed by atoms with Crippen LogP contribution in [0.15, 0.2) is 18.2 Å². The highest BCUT2D eigenvalue weighted by molar-refractivity contribution is 5.97. The average molecular weight is 192 g/mol. The fourth-order valence-electron chi connectivity index (χ4n) is 1.45. The van der Waals surface area contributed by atoms with E-state index in [1.807, 2.05) is 32.0 Å². The zero-order valence-corrected chi connectivity index (χ0v) is 8.63. The fraction of sp³-hybridized carbons (Fsp3) is 0.364. The Bertz CT molecular complexity index is 314. The molecule has 0 aromatic heterocycles. The minimum absolute atomic E-state index is 0.0361. The first-order valence-corrected chi connectivity index (χ1v) is 4.71. The molecule has 0 aliphatic carbocycles. The van der Waals surface area contributed by atoms with Crippen LogP contribution in [0.1, 0.15) is 21.5 Å². The maximum Gasteiger partial charge on any atom is 0.251 e. The summed E-state index contributed by atoms with van der Waals surface area (Å²) in [6, 6.07) is 5.82. The van der Waals surface area contributed by atoms with Gasteiger partial charge in [-0.25, -0.2) is 0 Å². The van der Waals surface area contributed by atoms with Crippen molar-refractivity contribution in [1.29, 1.82) is 0 Å². The molecular formula is C11H16N2O. The van der Waals surface area contributed by atoms with E-state index in [-0.39, 0.29) is 5.91 Å². The van der Waals surface area contributed by atoms with Gasteiger partial charge in [0.05, 0.1) is 0 Å². The molecule has 76 valence electrons. The SMILES string of the molecule is Cc1cccc(C)c1C(=O)NCCN. The van der Waals surface area contributed by atoms with Crippen LogP contribution >= 0.6 is 0 Å². The molecule has 0 aliphatic heterocycles. The smallest absolute Gasteiger partial charge is 0.251 e. The molecule has 0 heterocycles. The number of nitrogens with one attached hydrogen (secondary N) is 1. The van der Waals surface area contributed by atoms with Crippen molar-refractivity contribution >= 4 is 5.91 Å². The second-order valence-electron chi connectivity index (χ2n) is 3.31. The van der Waals surface area contributed by atoms with Gasteiger partial charge in [-0.2, -0.15) is 0 Å². The van der Waals surface area contributed by atoms with Crippen LogP contribution in [-0.4, -0.2) is 19.0 Å². The van der Waals surface area contributed by atoms with Crippen molar-refractivity contribution < 1.29 is 4.79 Å². The van der Waals surface area contributed by atoms with E-state index < -0.39 is 0 Å². The number of amides is 1.